The first kappa shape index (κ1) is 38.7. The van der Waals surface area contributed by atoms with Gasteiger partial charge in [-0.3, -0.25) is 25.0 Å². The van der Waals surface area contributed by atoms with Gasteiger partial charge in [0.1, 0.15) is 16.5 Å². The summed E-state index contributed by atoms with van der Waals surface area (Å²) in [5.41, 5.74) is 2.05. The van der Waals surface area contributed by atoms with Crippen LogP contribution in [0, 0.1) is 26.6 Å². The average molecular weight is 695 g/mol. The Morgan fingerprint density at radius 2 is 1.68 bits per heavy atom. The molecule has 2 aromatic rings. The zero-order chi connectivity index (χ0) is 34.9. The minimum Gasteiger partial charge on any atom is -0.370 e. The first-order chi connectivity index (χ1) is 22.5. The van der Waals surface area contributed by atoms with Gasteiger partial charge in [-0.25, -0.2) is 14.8 Å². The van der Waals surface area contributed by atoms with Crippen LogP contribution in [0.3, 0.4) is 0 Å². The van der Waals surface area contributed by atoms with Gasteiger partial charge >= 0.3 is 5.70 Å². The molecule has 0 saturated carbocycles. The van der Waals surface area contributed by atoms with Crippen molar-refractivity contribution >= 4 is 35.8 Å². The number of aromatic nitrogens is 2. The molecule has 2 atom stereocenters. The summed E-state index contributed by atoms with van der Waals surface area (Å²) in [5.74, 6) is 1.10. The van der Waals surface area contributed by atoms with E-state index < -0.39 is 11.0 Å². The Labute approximate surface area is 283 Å². The molecule has 4 heterocycles. The molecule has 2 unspecified atom stereocenters. The minimum absolute atomic E-state index is 0.0870. The molecule has 0 radical (unpaired) electrons. The molecule has 1 saturated heterocycles. The number of aldehydes is 2. The Morgan fingerprint density at radius 1 is 1.06 bits per heavy atom. The number of hydrogen-bond acceptors (Lipinski definition) is 13. The van der Waals surface area contributed by atoms with E-state index in [1.165, 1.54) is 6.42 Å². The molecule has 2 bridgehead atoms. The van der Waals surface area contributed by atoms with Crippen molar-refractivity contribution in [3.05, 3.63) is 108 Å². The van der Waals surface area contributed by atoms with Gasteiger partial charge in [-0.05, 0) is 49.9 Å². The average Bonchev–Trinajstić information content (AvgIpc) is 3.49. The smallest absolute Gasteiger partial charge is 0.314 e. The third-order valence-electron chi connectivity index (χ3n) is 7.03. The largest absolute Gasteiger partial charge is 0.370 e. The van der Waals surface area contributed by atoms with Crippen LogP contribution < -0.4 is 5.32 Å². The van der Waals surface area contributed by atoms with E-state index in [0.29, 0.717) is 67.1 Å². The summed E-state index contributed by atoms with van der Waals surface area (Å²) in [6.07, 6.45) is 8.08. The van der Waals surface area contributed by atoms with Gasteiger partial charge in [0, 0.05) is 52.7 Å². The lowest BCUT2D eigenvalue weighted by molar-refractivity contribution is -0.444. The third kappa shape index (κ3) is 12.0. The van der Waals surface area contributed by atoms with Crippen LogP contribution >= 0.6 is 23.2 Å². The molecule has 2 aromatic heterocycles. The van der Waals surface area contributed by atoms with Crippen LogP contribution in [-0.4, -0.2) is 86.6 Å². The number of rotatable bonds is 14. The Kier molecular flexibility index (Phi) is 16.4. The van der Waals surface area contributed by atoms with E-state index in [0.717, 1.165) is 23.7 Å². The fourth-order valence-electron chi connectivity index (χ4n) is 4.81. The molecule has 0 spiro atoms. The van der Waals surface area contributed by atoms with Crippen LogP contribution in [-0.2, 0) is 27.4 Å². The predicted molar refractivity (Wildman–Crippen MR) is 176 cm³/mol. The molecule has 1 N–H and O–H groups in total. The van der Waals surface area contributed by atoms with Crippen LogP contribution in [0.15, 0.2) is 60.2 Å². The Balaban J connectivity index is 0.000000285. The molecular formula is C30H39Cl2N8O7+. The van der Waals surface area contributed by atoms with Crippen molar-refractivity contribution in [3.63, 3.8) is 0 Å². The van der Waals surface area contributed by atoms with Crippen molar-refractivity contribution in [3.8, 4) is 0 Å². The monoisotopic (exact) mass is 693 g/mol. The van der Waals surface area contributed by atoms with E-state index in [1.54, 1.807) is 31.6 Å². The number of nitrogens with one attached hydrogen (secondary N) is 1. The summed E-state index contributed by atoms with van der Waals surface area (Å²) in [6, 6.07) is 7.15. The first-order valence-electron chi connectivity index (χ1n) is 14.7. The molecule has 4 rings (SSSR count). The van der Waals surface area contributed by atoms with Gasteiger partial charge in [-0.1, -0.05) is 35.3 Å². The van der Waals surface area contributed by atoms with Crippen molar-refractivity contribution in [2.45, 2.75) is 58.5 Å². The highest BCUT2D eigenvalue weighted by atomic mass is 35.5. The number of nitro groups is 2. The van der Waals surface area contributed by atoms with E-state index >= 15 is 0 Å². The molecule has 0 aromatic carbocycles. The second-order valence-electron chi connectivity index (χ2n) is 10.1. The maximum atomic E-state index is 11.6. The molecule has 0 amide bonds. The fraction of sp³-hybridized carbons (Fsp3) is 0.433. The number of pyridine rings is 2. The van der Waals surface area contributed by atoms with E-state index in [4.69, 9.17) is 27.9 Å². The van der Waals surface area contributed by atoms with Crippen LogP contribution in [0.5, 0.6) is 0 Å². The molecule has 0 aliphatic carbocycles. The molecule has 15 nitrogen and oxygen atoms in total. The normalized spacial score (nSPS) is 16.6. The van der Waals surface area contributed by atoms with Gasteiger partial charge in [0.2, 0.25) is 0 Å². The molecule has 2 aliphatic rings. The summed E-state index contributed by atoms with van der Waals surface area (Å²) in [6.45, 7) is 6.27. The van der Waals surface area contributed by atoms with E-state index in [-0.39, 0.29) is 23.3 Å². The lowest BCUT2D eigenvalue weighted by Crippen LogP contribution is -2.45. The Bertz CT molecular complexity index is 1390. The zero-order valence-electron chi connectivity index (χ0n) is 26.6. The lowest BCUT2D eigenvalue weighted by atomic mass is 10.2. The van der Waals surface area contributed by atoms with Crippen LogP contribution in [0.4, 0.5) is 0 Å². The second kappa shape index (κ2) is 19.9. The topological polar surface area (TPSA) is 177 Å². The number of hydrogen-bond donors (Lipinski definition) is 1. The molecule has 47 heavy (non-hydrogen) atoms. The van der Waals surface area contributed by atoms with Crippen molar-refractivity contribution in [1.82, 2.24) is 30.0 Å². The summed E-state index contributed by atoms with van der Waals surface area (Å²) in [5, 5.41) is 25.8. The highest BCUT2D eigenvalue weighted by Crippen LogP contribution is 2.37. The van der Waals surface area contributed by atoms with Crippen molar-refractivity contribution in [2.75, 3.05) is 27.2 Å². The van der Waals surface area contributed by atoms with Crippen molar-refractivity contribution in [2.24, 2.45) is 0 Å². The molecule has 254 valence electrons. The van der Waals surface area contributed by atoms with Gasteiger partial charge < -0.3 is 24.8 Å². The number of nitrogens with zero attached hydrogens (tertiary/aromatic N) is 7. The maximum absolute atomic E-state index is 11.6. The van der Waals surface area contributed by atoms with Gasteiger partial charge in [0.05, 0.1) is 9.85 Å². The van der Waals surface area contributed by atoms with Crippen LogP contribution in [0.1, 0.15) is 44.2 Å². The maximum Gasteiger partial charge on any atom is 0.314 e. The standard InChI is InChI=1S/C15H19ClN4O3.C11H15ClN4O2.C4H5O2/c1-3-19(9-10-4-6-12(16)17-8-10)15-14(20(21)22)11-5-7-13(23-11)18(15)2;1-3-15(11(13-2)8-16(17)18)7-9-4-5-10(12)14-6-9;5-3-1-2-4-6/h4,6,8,11,13H,3,5,7,9H2,1-2H3;4-6,8,13H,3,7H2,1-2H3;1,3-4H,2H2/q;;+1/b;11-8+;. The SMILES string of the molecule is CCN(Cc1ccc(Cl)nc1)/C(=C/[N+](=O)[O-])NC.CCN(Cc1ccc(Cl)nc1)C1=C([N+](=O)[O-])C2CCC(O2)N1C.O=C[CH+]CC=O. The molecule has 17 heteroatoms. The Hall–Kier alpha value is -4.47. The Morgan fingerprint density at radius 3 is 2.11 bits per heavy atom. The fourth-order valence-corrected chi connectivity index (χ4v) is 5.03. The van der Waals surface area contributed by atoms with Gasteiger partial charge in [0.15, 0.2) is 36.9 Å². The second-order valence-corrected chi connectivity index (χ2v) is 10.8. The number of halogens is 2. The third-order valence-corrected chi connectivity index (χ3v) is 7.48. The van der Waals surface area contributed by atoms with Crippen molar-refractivity contribution in [1.29, 1.82) is 0 Å². The van der Waals surface area contributed by atoms with Gasteiger partial charge in [-0.15, -0.1) is 0 Å². The van der Waals surface area contributed by atoms with Gasteiger partial charge in [0.25, 0.3) is 12.5 Å². The number of carbonyl (C=O) groups excluding carboxylic acids is 2. The summed E-state index contributed by atoms with van der Waals surface area (Å²) in [7, 11) is 3.51. The van der Waals surface area contributed by atoms with Crippen LogP contribution in [0.2, 0.25) is 10.3 Å². The molecule has 1 fully saturated rings. The van der Waals surface area contributed by atoms with Crippen LogP contribution in [0.25, 0.3) is 0 Å². The molecule has 2 aliphatic heterocycles. The highest BCUT2D eigenvalue weighted by molar-refractivity contribution is 6.29. The number of fused-ring (bicyclic) bond motifs is 2. The number of carbonyl (C=O) groups is 2. The van der Waals surface area contributed by atoms with Crippen molar-refractivity contribution < 1.29 is 24.2 Å². The van der Waals surface area contributed by atoms with E-state index in [2.05, 4.69) is 15.3 Å². The quantitative estimate of drug-likeness (QED) is 0.0741. The van der Waals surface area contributed by atoms with E-state index in [1.807, 2.05) is 47.7 Å². The lowest BCUT2D eigenvalue weighted by Gasteiger charge is -2.38. The zero-order valence-corrected chi connectivity index (χ0v) is 28.1. The highest BCUT2D eigenvalue weighted by Gasteiger charge is 2.47. The summed E-state index contributed by atoms with van der Waals surface area (Å²) in [4.78, 5) is 53.8. The predicted octanol–water partition coefficient (Wildman–Crippen LogP) is 4.28. The summed E-state index contributed by atoms with van der Waals surface area (Å²) >= 11 is 11.5. The first-order valence-corrected chi connectivity index (χ1v) is 15.5. The number of unbranched alkanes of at least 4 members (excludes halogenated alkanes) is 1. The number of ether oxygens (including phenoxy) is 1. The van der Waals surface area contributed by atoms with Gasteiger partial charge in [-0.2, -0.15) is 0 Å². The van der Waals surface area contributed by atoms with E-state index in [9.17, 15) is 29.8 Å². The minimum atomic E-state index is -0.478. The molecular weight excluding hydrogens is 655 g/mol. The summed E-state index contributed by atoms with van der Waals surface area (Å²) < 4.78 is 5.74.